The first-order valence-corrected chi connectivity index (χ1v) is 15.5. The molecule has 2 fully saturated rings. The summed E-state index contributed by atoms with van der Waals surface area (Å²) in [7, 11) is 0. The summed E-state index contributed by atoms with van der Waals surface area (Å²) in [5.41, 5.74) is 8.68. The second-order valence-corrected chi connectivity index (χ2v) is 12.2. The first kappa shape index (κ1) is 30.9. The average Bonchev–Trinajstić information content (AvgIpc) is 3.56. The summed E-state index contributed by atoms with van der Waals surface area (Å²) in [4.78, 5) is 41.8. The molecule has 45 heavy (non-hydrogen) atoms. The fourth-order valence-electron chi connectivity index (χ4n) is 5.75. The Balaban J connectivity index is 0.907. The molecule has 3 aliphatic heterocycles. The molecule has 14 heteroatoms. The molecule has 3 aromatic rings. The third-order valence-corrected chi connectivity index (χ3v) is 8.59. The van der Waals surface area contributed by atoms with E-state index in [1.54, 1.807) is 12.3 Å². The number of aliphatic hydroxyl groups is 1. The Kier molecular flexibility index (Phi) is 9.54. The zero-order valence-corrected chi connectivity index (χ0v) is 25.5. The van der Waals surface area contributed by atoms with Gasteiger partial charge in [-0.1, -0.05) is 6.07 Å². The van der Waals surface area contributed by atoms with Crippen molar-refractivity contribution in [3.63, 3.8) is 0 Å². The molecule has 5 heterocycles. The number of aromatic nitrogens is 3. The minimum absolute atomic E-state index is 0.104. The third-order valence-electron chi connectivity index (χ3n) is 8.59. The summed E-state index contributed by atoms with van der Waals surface area (Å²) in [6.45, 7) is 5.81. The molecular weight excluding hydrogens is 578 g/mol. The minimum Gasteiger partial charge on any atom is -0.486 e. The lowest BCUT2D eigenvalue weighted by atomic mass is 9.99. The number of rotatable bonds is 13. The van der Waals surface area contributed by atoms with Crippen LogP contribution in [0.4, 0.5) is 5.82 Å². The average molecular weight is 620 g/mol. The molecular formula is C31H41N9O5. The van der Waals surface area contributed by atoms with Crippen LogP contribution in [-0.2, 0) is 24.4 Å². The van der Waals surface area contributed by atoms with Crippen molar-refractivity contribution in [3.05, 3.63) is 65.8 Å². The molecule has 2 saturated heterocycles. The Morgan fingerprint density at radius 1 is 1.18 bits per heavy atom. The van der Waals surface area contributed by atoms with Crippen molar-refractivity contribution >= 4 is 17.6 Å². The zero-order chi connectivity index (χ0) is 31.2. The highest BCUT2D eigenvalue weighted by molar-refractivity contribution is 5.92. The van der Waals surface area contributed by atoms with E-state index < -0.39 is 6.10 Å². The Hall–Kier alpha value is -4.11. The summed E-state index contributed by atoms with van der Waals surface area (Å²) in [6, 6.07) is 7.83. The topological polar surface area (TPSA) is 190 Å². The lowest BCUT2D eigenvalue weighted by molar-refractivity contribution is -0.132. The molecule has 0 spiro atoms. The highest BCUT2D eigenvalue weighted by Gasteiger charge is 2.36. The number of ether oxygens (including phenoxy) is 1. The Morgan fingerprint density at radius 2 is 2.02 bits per heavy atom. The van der Waals surface area contributed by atoms with Gasteiger partial charge in [0.15, 0.2) is 12.2 Å². The van der Waals surface area contributed by atoms with Crippen LogP contribution >= 0.6 is 0 Å². The van der Waals surface area contributed by atoms with Crippen molar-refractivity contribution in [2.24, 2.45) is 0 Å². The molecule has 0 saturated carbocycles. The van der Waals surface area contributed by atoms with Crippen LogP contribution < -0.4 is 26.2 Å². The van der Waals surface area contributed by atoms with E-state index in [2.05, 4.69) is 53.5 Å². The largest absolute Gasteiger partial charge is 0.486 e. The summed E-state index contributed by atoms with van der Waals surface area (Å²) < 4.78 is 11.0. The summed E-state index contributed by atoms with van der Waals surface area (Å²) in [5, 5.41) is 16.9. The van der Waals surface area contributed by atoms with E-state index >= 15 is 0 Å². The molecule has 5 N–H and O–H groups in total. The normalized spacial score (nSPS) is 18.6. The van der Waals surface area contributed by atoms with Crippen molar-refractivity contribution < 1.29 is 23.8 Å². The third kappa shape index (κ3) is 8.54. The Morgan fingerprint density at radius 3 is 2.80 bits per heavy atom. The molecule has 0 radical (unpaired) electrons. The van der Waals surface area contributed by atoms with E-state index in [-0.39, 0.29) is 35.8 Å². The molecule has 240 valence electrons. The number of carbonyl (C=O) groups is 2. The predicted octanol–water partition coefficient (Wildman–Crippen LogP) is 1.20. The van der Waals surface area contributed by atoms with E-state index in [0.717, 1.165) is 38.0 Å². The molecule has 0 unspecified atom stereocenters. The van der Waals surface area contributed by atoms with E-state index in [9.17, 15) is 14.7 Å². The van der Waals surface area contributed by atoms with Gasteiger partial charge >= 0.3 is 0 Å². The predicted molar refractivity (Wildman–Crippen MR) is 164 cm³/mol. The number of nitrogens with one attached hydrogen (secondary N) is 4. The van der Waals surface area contributed by atoms with Crippen molar-refractivity contribution in [3.8, 4) is 5.75 Å². The molecule has 0 aliphatic carbocycles. The number of oxazole rings is 1. The fraction of sp³-hybridized carbons (Fsp3) is 0.516. The first-order chi connectivity index (χ1) is 21.8. The molecule has 2 amide bonds. The van der Waals surface area contributed by atoms with Gasteiger partial charge in [0.25, 0.3) is 5.91 Å². The van der Waals surface area contributed by atoms with E-state index in [0.29, 0.717) is 50.8 Å². The standard InChI is InChI=1S/C31H41N9O5/c1-31(37-38-31)8-4-29(42)40-10-6-23(7-11-40)36-28-13-27(34-19-35-28)30(43)33-14-24(41)17-39-9-5-21-12-25(3-2-22(21)16-39)44-18-26-15-32-20-45-26/h2-3,12-13,15,19-20,23-24,37-38,41H,4-11,14,16-18H2,1H3,(H,33,43)(H,34,35,36)/t24-/m0/s1. The van der Waals surface area contributed by atoms with E-state index in [1.165, 1.54) is 23.8 Å². The molecule has 1 aromatic carbocycles. The van der Waals surface area contributed by atoms with Gasteiger partial charge in [-0.25, -0.2) is 25.8 Å². The zero-order valence-electron chi connectivity index (χ0n) is 25.5. The number of anilines is 1. The van der Waals surface area contributed by atoms with Crippen LogP contribution in [0.2, 0.25) is 0 Å². The summed E-state index contributed by atoms with van der Waals surface area (Å²) in [6.07, 6.45) is 7.39. The Labute approximate surface area is 261 Å². The molecule has 2 aromatic heterocycles. The van der Waals surface area contributed by atoms with Crippen molar-refractivity contribution in [1.82, 2.24) is 40.9 Å². The number of hydrazine groups is 1. The first-order valence-electron chi connectivity index (χ1n) is 15.5. The Bertz CT molecular complexity index is 1460. The monoisotopic (exact) mass is 619 g/mol. The number of hydrogen-bond acceptors (Lipinski definition) is 12. The fourth-order valence-corrected chi connectivity index (χ4v) is 5.75. The number of hydrogen-bond donors (Lipinski definition) is 5. The van der Waals surface area contributed by atoms with Gasteiger partial charge in [-0.15, -0.1) is 0 Å². The maximum absolute atomic E-state index is 12.8. The number of amides is 2. The van der Waals surface area contributed by atoms with Gasteiger partial charge in [0.2, 0.25) is 5.91 Å². The van der Waals surface area contributed by atoms with Gasteiger partial charge in [0, 0.05) is 57.8 Å². The summed E-state index contributed by atoms with van der Waals surface area (Å²) in [5.74, 6) is 1.83. The second kappa shape index (κ2) is 13.9. The number of benzene rings is 1. The maximum atomic E-state index is 12.8. The van der Waals surface area contributed by atoms with Crippen LogP contribution in [0.1, 0.15) is 60.0 Å². The van der Waals surface area contributed by atoms with Crippen LogP contribution in [0.3, 0.4) is 0 Å². The van der Waals surface area contributed by atoms with Gasteiger partial charge in [0.05, 0.1) is 18.0 Å². The highest BCUT2D eigenvalue weighted by Crippen LogP contribution is 2.25. The van der Waals surface area contributed by atoms with Crippen LogP contribution in [0, 0.1) is 0 Å². The second-order valence-electron chi connectivity index (χ2n) is 12.2. The van der Waals surface area contributed by atoms with Gasteiger partial charge in [0.1, 0.15) is 30.2 Å². The SMILES string of the molecule is CC1(CCC(=O)N2CCC(Nc3cc(C(=O)NC[C@H](O)CN4CCc5cc(OCc6cnco6)ccc5C4)ncn3)CC2)NN1. The quantitative estimate of drug-likeness (QED) is 0.172. The van der Waals surface area contributed by atoms with E-state index in [4.69, 9.17) is 9.15 Å². The van der Waals surface area contributed by atoms with Crippen LogP contribution in [0.15, 0.2) is 47.6 Å². The minimum atomic E-state index is -0.730. The molecule has 3 aliphatic rings. The van der Waals surface area contributed by atoms with Crippen molar-refractivity contribution in [2.45, 2.75) is 70.0 Å². The van der Waals surface area contributed by atoms with Gasteiger partial charge in [-0.2, -0.15) is 0 Å². The van der Waals surface area contributed by atoms with Crippen LogP contribution in [0.5, 0.6) is 5.75 Å². The smallest absolute Gasteiger partial charge is 0.270 e. The number of nitrogens with zero attached hydrogens (tertiary/aromatic N) is 5. The van der Waals surface area contributed by atoms with E-state index in [1.807, 2.05) is 17.9 Å². The number of piperidine rings is 1. The number of fused-ring (bicyclic) bond motifs is 1. The van der Waals surface area contributed by atoms with Crippen molar-refractivity contribution in [2.75, 3.05) is 38.0 Å². The number of carbonyl (C=O) groups excluding carboxylic acids is 2. The molecule has 14 nitrogen and oxygen atoms in total. The van der Waals surface area contributed by atoms with Gasteiger partial charge in [-0.3, -0.25) is 14.5 Å². The van der Waals surface area contributed by atoms with Gasteiger partial charge in [-0.05, 0) is 55.9 Å². The molecule has 6 rings (SSSR count). The number of β-amino-alcohol motifs (C(OH)–C–C–N with tert-alkyl or cyclic N) is 1. The van der Waals surface area contributed by atoms with Crippen molar-refractivity contribution in [1.29, 1.82) is 0 Å². The number of aliphatic hydroxyl groups excluding tert-OH is 1. The summed E-state index contributed by atoms with van der Waals surface area (Å²) >= 11 is 0. The highest BCUT2D eigenvalue weighted by atomic mass is 16.5. The lowest BCUT2D eigenvalue weighted by Gasteiger charge is -2.33. The molecule has 0 bridgehead atoms. The van der Waals surface area contributed by atoms with Crippen LogP contribution in [-0.4, -0.2) is 92.2 Å². The lowest BCUT2D eigenvalue weighted by Crippen LogP contribution is -2.43. The maximum Gasteiger partial charge on any atom is 0.270 e. The van der Waals surface area contributed by atoms with Gasteiger partial charge < -0.3 is 29.8 Å². The number of likely N-dealkylation sites (tertiary alicyclic amines) is 1. The molecule has 1 atom stereocenters. The van der Waals surface area contributed by atoms with Crippen LogP contribution in [0.25, 0.3) is 0 Å².